The van der Waals surface area contributed by atoms with Crippen LogP contribution in [0.3, 0.4) is 0 Å². The fourth-order valence-electron chi connectivity index (χ4n) is 3.63. The van der Waals surface area contributed by atoms with Gasteiger partial charge < -0.3 is 10.1 Å². The first kappa shape index (κ1) is 15.3. The topological polar surface area (TPSA) is 24.5 Å². The third kappa shape index (κ3) is 3.50. The minimum atomic E-state index is 0.297. The van der Waals surface area contributed by atoms with Crippen LogP contribution < -0.4 is 5.32 Å². The van der Waals surface area contributed by atoms with Gasteiger partial charge in [-0.15, -0.1) is 0 Å². The molecule has 0 aromatic heterocycles. The molecule has 3 nitrogen and oxygen atoms in total. The summed E-state index contributed by atoms with van der Waals surface area (Å²) in [7, 11) is 0. The number of hydrogen-bond donors (Lipinski definition) is 1. The number of piperazine rings is 1. The van der Waals surface area contributed by atoms with Crippen LogP contribution in [0.1, 0.15) is 53.4 Å². The highest BCUT2D eigenvalue weighted by atomic mass is 16.5. The smallest absolute Gasteiger partial charge is 0.0469 e. The molecule has 2 aliphatic rings. The first-order valence-electron chi connectivity index (χ1n) is 8.18. The molecule has 2 rings (SSSR count). The number of nitrogens with zero attached hydrogens (tertiary/aromatic N) is 1. The molecule has 2 saturated heterocycles. The Balaban J connectivity index is 2.04. The predicted molar refractivity (Wildman–Crippen MR) is 80.5 cm³/mol. The summed E-state index contributed by atoms with van der Waals surface area (Å²) < 4.78 is 5.52. The maximum Gasteiger partial charge on any atom is 0.0469 e. The van der Waals surface area contributed by atoms with Crippen LogP contribution in [0.25, 0.3) is 0 Å². The predicted octanol–water partition coefficient (Wildman–Crippen LogP) is 2.65. The van der Waals surface area contributed by atoms with E-state index in [0.717, 1.165) is 25.7 Å². The maximum absolute atomic E-state index is 5.52. The van der Waals surface area contributed by atoms with Crippen molar-refractivity contribution in [3.05, 3.63) is 0 Å². The third-order valence-corrected chi connectivity index (χ3v) is 5.49. The van der Waals surface area contributed by atoms with Crippen molar-refractivity contribution in [2.75, 3.05) is 26.3 Å². The van der Waals surface area contributed by atoms with E-state index in [1.807, 2.05) is 0 Å². The van der Waals surface area contributed by atoms with E-state index >= 15 is 0 Å². The zero-order valence-electron chi connectivity index (χ0n) is 13.2. The summed E-state index contributed by atoms with van der Waals surface area (Å²) in [5.41, 5.74) is 0.297. The van der Waals surface area contributed by atoms with E-state index in [4.69, 9.17) is 4.74 Å². The Morgan fingerprint density at radius 2 is 2.00 bits per heavy atom. The molecule has 3 atom stereocenters. The average molecular weight is 268 g/mol. The van der Waals surface area contributed by atoms with E-state index in [-0.39, 0.29) is 0 Å². The second kappa shape index (κ2) is 6.55. The van der Waals surface area contributed by atoms with Crippen LogP contribution in [0.2, 0.25) is 0 Å². The van der Waals surface area contributed by atoms with Gasteiger partial charge in [0.05, 0.1) is 0 Å². The summed E-state index contributed by atoms with van der Waals surface area (Å²) >= 11 is 0. The van der Waals surface area contributed by atoms with Gasteiger partial charge in [-0.05, 0) is 45.4 Å². The maximum atomic E-state index is 5.52. The van der Waals surface area contributed by atoms with E-state index in [2.05, 4.69) is 37.9 Å². The molecule has 0 aliphatic carbocycles. The lowest BCUT2D eigenvalue weighted by Gasteiger charge is -2.50. The molecule has 0 radical (unpaired) electrons. The molecule has 2 heterocycles. The number of hydrogen-bond acceptors (Lipinski definition) is 3. The minimum absolute atomic E-state index is 0.297. The summed E-state index contributed by atoms with van der Waals surface area (Å²) in [5, 5.41) is 3.77. The summed E-state index contributed by atoms with van der Waals surface area (Å²) in [4.78, 5) is 2.79. The van der Waals surface area contributed by atoms with Gasteiger partial charge in [0.15, 0.2) is 0 Å². The molecule has 3 unspecified atom stereocenters. The Morgan fingerprint density at radius 1 is 1.32 bits per heavy atom. The molecule has 2 aliphatic heterocycles. The Hall–Kier alpha value is -0.120. The summed E-state index contributed by atoms with van der Waals surface area (Å²) in [6.07, 6.45) is 4.94. The Kier molecular flexibility index (Phi) is 5.27. The first-order chi connectivity index (χ1) is 9.09. The molecule has 2 fully saturated rings. The van der Waals surface area contributed by atoms with Crippen LogP contribution in [-0.4, -0.2) is 48.8 Å². The van der Waals surface area contributed by atoms with Gasteiger partial charge in [-0.25, -0.2) is 0 Å². The van der Waals surface area contributed by atoms with Gasteiger partial charge in [0.25, 0.3) is 0 Å². The molecule has 3 heteroatoms. The van der Waals surface area contributed by atoms with Gasteiger partial charge in [-0.3, -0.25) is 4.90 Å². The van der Waals surface area contributed by atoms with Crippen molar-refractivity contribution in [1.29, 1.82) is 0 Å². The molecule has 0 aromatic rings. The first-order valence-corrected chi connectivity index (χ1v) is 8.18. The molecule has 0 saturated carbocycles. The standard InChI is InChI=1S/C16H32N2O/c1-5-15-11-17-16(4,6-2)12-18(15)13(3)14-7-9-19-10-8-14/h13-15,17H,5-12H2,1-4H3. The van der Waals surface area contributed by atoms with Crippen molar-refractivity contribution < 1.29 is 4.74 Å². The zero-order valence-corrected chi connectivity index (χ0v) is 13.2. The molecule has 0 spiro atoms. The Bertz CT molecular complexity index is 278. The monoisotopic (exact) mass is 268 g/mol. The molecule has 1 N–H and O–H groups in total. The largest absolute Gasteiger partial charge is 0.381 e. The Morgan fingerprint density at radius 3 is 2.58 bits per heavy atom. The second-order valence-corrected chi connectivity index (χ2v) is 6.72. The number of rotatable bonds is 4. The van der Waals surface area contributed by atoms with Crippen LogP contribution >= 0.6 is 0 Å². The molecule has 19 heavy (non-hydrogen) atoms. The van der Waals surface area contributed by atoms with Crippen LogP contribution in [0.4, 0.5) is 0 Å². The van der Waals surface area contributed by atoms with Crippen LogP contribution in [0.15, 0.2) is 0 Å². The highest BCUT2D eigenvalue weighted by Gasteiger charge is 2.38. The lowest BCUT2D eigenvalue weighted by atomic mass is 9.86. The van der Waals surface area contributed by atoms with Crippen molar-refractivity contribution in [2.24, 2.45) is 5.92 Å². The van der Waals surface area contributed by atoms with Crippen molar-refractivity contribution in [2.45, 2.75) is 71.0 Å². The third-order valence-electron chi connectivity index (χ3n) is 5.49. The highest BCUT2D eigenvalue weighted by Crippen LogP contribution is 2.29. The highest BCUT2D eigenvalue weighted by molar-refractivity contribution is 4.96. The molecule has 112 valence electrons. The van der Waals surface area contributed by atoms with E-state index in [1.54, 1.807) is 0 Å². The summed E-state index contributed by atoms with van der Waals surface area (Å²) in [6.45, 7) is 13.7. The van der Waals surface area contributed by atoms with Gasteiger partial charge in [0, 0.05) is 43.9 Å². The SMILES string of the molecule is CCC1CNC(C)(CC)CN1C(C)C1CCOCC1. The van der Waals surface area contributed by atoms with E-state index in [0.29, 0.717) is 17.6 Å². The molecular weight excluding hydrogens is 236 g/mol. The molecule has 0 amide bonds. The van der Waals surface area contributed by atoms with Gasteiger partial charge in [-0.2, -0.15) is 0 Å². The molecule has 0 aromatic carbocycles. The van der Waals surface area contributed by atoms with Crippen LogP contribution in [0, 0.1) is 5.92 Å². The molecule has 0 bridgehead atoms. The second-order valence-electron chi connectivity index (χ2n) is 6.72. The Labute approximate surface area is 119 Å². The van der Waals surface area contributed by atoms with Crippen LogP contribution in [0.5, 0.6) is 0 Å². The van der Waals surface area contributed by atoms with Gasteiger partial charge in [0.2, 0.25) is 0 Å². The zero-order chi connectivity index (χ0) is 13.9. The van der Waals surface area contributed by atoms with Gasteiger partial charge >= 0.3 is 0 Å². The minimum Gasteiger partial charge on any atom is -0.381 e. The quantitative estimate of drug-likeness (QED) is 0.848. The van der Waals surface area contributed by atoms with E-state index < -0.39 is 0 Å². The van der Waals surface area contributed by atoms with Gasteiger partial charge in [-0.1, -0.05) is 13.8 Å². The van der Waals surface area contributed by atoms with E-state index in [1.165, 1.54) is 32.2 Å². The average Bonchev–Trinajstić information content (AvgIpc) is 2.47. The lowest BCUT2D eigenvalue weighted by molar-refractivity contribution is -0.0104. The normalized spacial score (nSPS) is 36.3. The molecular formula is C16H32N2O. The van der Waals surface area contributed by atoms with Crippen molar-refractivity contribution in [3.8, 4) is 0 Å². The van der Waals surface area contributed by atoms with Crippen LogP contribution in [-0.2, 0) is 4.74 Å². The number of nitrogens with one attached hydrogen (secondary N) is 1. The van der Waals surface area contributed by atoms with E-state index in [9.17, 15) is 0 Å². The van der Waals surface area contributed by atoms with Crippen molar-refractivity contribution in [3.63, 3.8) is 0 Å². The summed E-state index contributed by atoms with van der Waals surface area (Å²) in [6, 6.07) is 1.40. The van der Waals surface area contributed by atoms with Gasteiger partial charge in [0.1, 0.15) is 0 Å². The fourth-order valence-corrected chi connectivity index (χ4v) is 3.63. The lowest BCUT2D eigenvalue weighted by Crippen LogP contribution is -2.65. The van der Waals surface area contributed by atoms with Crippen molar-refractivity contribution >= 4 is 0 Å². The number of ether oxygens (including phenoxy) is 1. The fraction of sp³-hybridized carbons (Fsp3) is 1.00. The summed E-state index contributed by atoms with van der Waals surface area (Å²) in [5.74, 6) is 0.821. The van der Waals surface area contributed by atoms with Crippen molar-refractivity contribution in [1.82, 2.24) is 10.2 Å².